The fraction of sp³-hybridized carbons (Fsp3) is 0.462. The number of rotatable bonds is 1. The first-order chi connectivity index (χ1) is 8.10. The van der Waals surface area contributed by atoms with Crippen molar-refractivity contribution in [1.82, 2.24) is 0 Å². The van der Waals surface area contributed by atoms with Gasteiger partial charge < -0.3 is 15.4 Å². The molecule has 1 heterocycles. The third-order valence-electron chi connectivity index (χ3n) is 2.92. The number of nitrogens with two attached hydrogens (primary N) is 1. The summed E-state index contributed by atoms with van der Waals surface area (Å²) in [5.74, 6) is 0. The van der Waals surface area contributed by atoms with Crippen LogP contribution in [0.3, 0.4) is 0 Å². The van der Waals surface area contributed by atoms with Crippen LogP contribution >= 0.6 is 0 Å². The van der Waals surface area contributed by atoms with Crippen molar-refractivity contribution in [3.05, 3.63) is 23.8 Å². The lowest BCUT2D eigenvalue weighted by molar-refractivity contribution is -0.00517. The molecule has 17 heavy (non-hydrogen) atoms. The molecule has 0 aromatic heterocycles. The zero-order chi connectivity index (χ0) is 12.4. The van der Waals surface area contributed by atoms with Crippen molar-refractivity contribution in [2.45, 2.75) is 26.1 Å². The first-order valence-corrected chi connectivity index (χ1v) is 5.80. The minimum Gasteiger partial charge on any atom is -0.397 e. The molecule has 0 bridgehead atoms. The molecular formula is C13H17N3O. The Kier molecular flexibility index (Phi) is 3.21. The highest BCUT2D eigenvalue weighted by molar-refractivity contribution is 5.69. The SMILES string of the molecule is C[C@@H]1CN(c2ccc(C#N)cc2N)C[C@H](C)O1. The highest BCUT2D eigenvalue weighted by atomic mass is 16.5. The molecule has 0 amide bonds. The molecule has 1 aromatic carbocycles. The number of nitrogen functional groups attached to an aromatic ring is 1. The van der Waals surface area contributed by atoms with Crippen LogP contribution in [0.2, 0.25) is 0 Å². The first-order valence-electron chi connectivity index (χ1n) is 5.80. The molecule has 0 unspecified atom stereocenters. The Balaban J connectivity index is 2.25. The fourth-order valence-corrected chi connectivity index (χ4v) is 2.29. The van der Waals surface area contributed by atoms with E-state index in [0.717, 1.165) is 18.8 Å². The fourth-order valence-electron chi connectivity index (χ4n) is 2.29. The van der Waals surface area contributed by atoms with Gasteiger partial charge in [0.2, 0.25) is 0 Å². The molecular weight excluding hydrogens is 214 g/mol. The Morgan fingerprint density at radius 1 is 1.35 bits per heavy atom. The summed E-state index contributed by atoms with van der Waals surface area (Å²) < 4.78 is 5.69. The lowest BCUT2D eigenvalue weighted by Crippen LogP contribution is -2.45. The Hall–Kier alpha value is -1.73. The zero-order valence-corrected chi connectivity index (χ0v) is 10.2. The van der Waals surface area contributed by atoms with E-state index >= 15 is 0 Å². The van der Waals surface area contributed by atoms with Gasteiger partial charge in [0.05, 0.1) is 35.2 Å². The van der Waals surface area contributed by atoms with Crippen molar-refractivity contribution in [1.29, 1.82) is 5.26 Å². The van der Waals surface area contributed by atoms with Crippen LogP contribution in [0.15, 0.2) is 18.2 Å². The first kappa shape index (κ1) is 11.7. The van der Waals surface area contributed by atoms with Crippen LogP contribution in [0.1, 0.15) is 19.4 Å². The topological polar surface area (TPSA) is 62.3 Å². The highest BCUT2D eigenvalue weighted by Gasteiger charge is 2.23. The van der Waals surface area contributed by atoms with Crippen molar-refractivity contribution >= 4 is 11.4 Å². The number of anilines is 2. The lowest BCUT2D eigenvalue weighted by atomic mass is 10.1. The van der Waals surface area contributed by atoms with E-state index in [9.17, 15) is 0 Å². The van der Waals surface area contributed by atoms with Gasteiger partial charge >= 0.3 is 0 Å². The molecule has 0 radical (unpaired) electrons. The van der Waals surface area contributed by atoms with Gasteiger partial charge in [-0.05, 0) is 32.0 Å². The summed E-state index contributed by atoms with van der Waals surface area (Å²) >= 11 is 0. The quantitative estimate of drug-likeness (QED) is 0.748. The van der Waals surface area contributed by atoms with E-state index in [4.69, 9.17) is 15.7 Å². The minimum absolute atomic E-state index is 0.203. The van der Waals surface area contributed by atoms with Crippen LogP contribution in [0.5, 0.6) is 0 Å². The van der Waals surface area contributed by atoms with Crippen LogP contribution in [0.25, 0.3) is 0 Å². The number of benzene rings is 1. The minimum atomic E-state index is 0.203. The van der Waals surface area contributed by atoms with Gasteiger partial charge in [0.1, 0.15) is 0 Å². The van der Waals surface area contributed by atoms with E-state index in [0.29, 0.717) is 11.3 Å². The summed E-state index contributed by atoms with van der Waals surface area (Å²) in [6.45, 7) is 5.78. The van der Waals surface area contributed by atoms with Crippen LogP contribution < -0.4 is 10.6 Å². The molecule has 4 heteroatoms. The molecule has 0 saturated carbocycles. The van der Waals surface area contributed by atoms with Crippen molar-refractivity contribution < 1.29 is 4.74 Å². The molecule has 1 aliphatic heterocycles. The number of hydrogen-bond donors (Lipinski definition) is 1. The Morgan fingerprint density at radius 3 is 2.53 bits per heavy atom. The number of nitriles is 1. The summed E-state index contributed by atoms with van der Waals surface area (Å²) in [6.07, 6.45) is 0.405. The Labute approximate surface area is 102 Å². The van der Waals surface area contributed by atoms with Gasteiger partial charge in [-0.25, -0.2) is 0 Å². The summed E-state index contributed by atoms with van der Waals surface area (Å²) in [7, 11) is 0. The number of morpholine rings is 1. The normalized spacial score (nSPS) is 24.4. The predicted molar refractivity (Wildman–Crippen MR) is 67.8 cm³/mol. The second-order valence-corrected chi connectivity index (χ2v) is 4.55. The number of nitrogens with zero attached hydrogens (tertiary/aromatic N) is 2. The lowest BCUT2D eigenvalue weighted by Gasteiger charge is -2.37. The molecule has 1 aromatic rings. The molecule has 0 spiro atoms. The van der Waals surface area contributed by atoms with Crippen molar-refractivity contribution in [2.24, 2.45) is 0 Å². The summed E-state index contributed by atoms with van der Waals surface area (Å²) in [5.41, 5.74) is 8.23. The highest BCUT2D eigenvalue weighted by Crippen LogP contribution is 2.27. The van der Waals surface area contributed by atoms with Gasteiger partial charge in [-0.3, -0.25) is 0 Å². The van der Waals surface area contributed by atoms with Gasteiger partial charge in [0, 0.05) is 13.1 Å². The monoisotopic (exact) mass is 231 g/mol. The van der Waals surface area contributed by atoms with Crippen LogP contribution in [0, 0.1) is 11.3 Å². The maximum atomic E-state index is 8.81. The average Bonchev–Trinajstić information content (AvgIpc) is 2.27. The van der Waals surface area contributed by atoms with Crippen LogP contribution in [-0.2, 0) is 4.74 Å². The summed E-state index contributed by atoms with van der Waals surface area (Å²) in [6, 6.07) is 7.53. The van der Waals surface area contributed by atoms with E-state index in [1.54, 1.807) is 12.1 Å². The molecule has 1 aliphatic rings. The molecule has 4 nitrogen and oxygen atoms in total. The zero-order valence-electron chi connectivity index (χ0n) is 10.2. The van der Waals surface area contributed by atoms with E-state index in [-0.39, 0.29) is 12.2 Å². The van der Waals surface area contributed by atoms with E-state index in [1.165, 1.54) is 0 Å². The molecule has 2 rings (SSSR count). The summed E-state index contributed by atoms with van der Waals surface area (Å²) in [4.78, 5) is 2.22. The third kappa shape index (κ3) is 2.51. The largest absolute Gasteiger partial charge is 0.397 e. The van der Waals surface area contributed by atoms with Gasteiger partial charge in [-0.2, -0.15) is 5.26 Å². The maximum Gasteiger partial charge on any atom is 0.0992 e. The molecule has 0 aliphatic carbocycles. The van der Waals surface area contributed by atoms with Crippen molar-refractivity contribution in [2.75, 3.05) is 23.7 Å². The summed E-state index contributed by atoms with van der Waals surface area (Å²) in [5, 5.41) is 8.81. The third-order valence-corrected chi connectivity index (χ3v) is 2.92. The maximum absolute atomic E-state index is 8.81. The van der Waals surface area contributed by atoms with Gasteiger partial charge in [-0.1, -0.05) is 0 Å². The molecule has 1 saturated heterocycles. The standard InChI is InChI=1S/C13H17N3O/c1-9-7-16(8-10(2)17-9)13-4-3-11(6-14)5-12(13)15/h3-5,9-10H,7-8,15H2,1-2H3/t9-,10+. The Morgan fingerprint density at radius 2 is 2.00 bits per heavy atom. The van der Waals surface area contributed by atoms with E-state index < -0.39 is 0 Å². The van der Waals surface area contributed by atoms with E-state index in [1.807, 2.05) is 6.07 Å². The van der Waals surface area contributed by atoms with Crippen LogP contribution in [-0.4, -0.2) is 25.3 Å². The Bertz CT molecular complexity index is 442. The van der Waals surface area contributed by atoms with Gasteiger partial charge in [0.15, 0.2) is 0 Å². The second-order valence-electron chi connectivity index (χ2n) is 4.55. The predicted octanol–water partition coefficient (Wildman–Crippen LogP) is 1.75. The second kappa shape index (κ2) is 4.64. The van der Waals surface area contributed by atoms with Gasteiger partial charge in [-0.15, -0.1) is 0 Å². The smallest absolute Gasteiger partial charge is 0.0992 e. The van der Waals surface area contributed by atoms with Crippen LogP contribution in [0.4, 0.5) is 11.4 Å². The number of ether oxygens (including phenoxy) is 1. The van der Waals surface area contributed by atoms with E-state index in [2.05, 4.69) is 24.8 Å². The molecule has 90 valence electrons. The number of hydrogen-bond acceptors (Lipinski definition) is 4. The van der Waals surface area contributed by atoms with Gasteiger partial charge in [0.25, 0.3) is 0 Å². The van der Waals surface area contributed by atoms with Crippen molar-refractivity contribution in [3.63, 3.8) is 0 Å². The molecule has 2 N–H and O–H groups in total. The molecule has 1 fully saturated rings. The molecule has 2 atom stereocenters. The average molecular weight is 231 g/mol. The van der Waals surface area contributed by atoms with Crippen molar-refractivity contribution in [3.8, 4) is 6.07 Å².